The van der Waals surface area contributed by atoms with Crippen LogP contribution in [0.5, 0.6) is 0 Å². The van der Waals surface area contributed by atoms with Gasteiger partial charge in [-0.3, -0.25) is 9.59 Å². The number of alkyl halides is 1. The van der Waals surface area contributed by atoms with E-state index in [4.69, 9.17) is 16.3 Å². The molecular weight excluding hydrogens is 290 g/mol. The number of amides is 1. The van der Waals surface area contributed by atoms with Crippen molar-refractivity contribution in [2.24, 2.45) is 5.92 Å². The normalized spacial score (nSPS) is 16.0. The van der Waals surface area contributed by atoms with Crippen LogP contribution in [-0.2, 0) is 14.3 Å². The lowest BCUT2D eigenvalue weighted by Gasteiger charge is -2.31. The second-order valence-electron chi connectivity index (χ2n) is 5.68. The van der Waals surface area contributed by atoms with E-state index in [-0.39, 0.29) is 17.8 Å². The quantitative estimate of drug-likeness (QED) is 0.372. The van der Waals surface area contributed by atoms with Gasteiger partial charge in [0.15, 0.2) is 0 Å². The van der Waals surface area contributed by atoms with Crippen molar-refractivity contribution >= 4 is 23.5 Å². The number of likely N-dealkylation sites (tertiary alicyclic amines) is 1. The largest absolute Gasteiger partial charge is 0.465 e. The lowest BCUT2D eigenvalue weighted by Crippen LogP contribution is -2.40. The van der Waals surface area contributed by atoms with E-state index in [1.165, 1.54) is 0 Å². The predicted octanol–water partition coefficient (Wildman–Crippen LogP) is 3.37. The highest BCUT2D eigenvalue weighted by molar-refractivity contribution is 6.17. The molecule has 0 radical (unpaired) electrons. The van der Waals surface area contributed by atoms with Gasteiger partial charge in [0.1, 0.15) is 0 Å². The Kier molecular flexibility index (Phi) is 9.48. The van der Waals surface area contributed by atoms with E-state index in [1.807, 2.05) is 4.90 Å². The molecule has 0 saturated carbocycles. The van der Waals surface area contributed by atoms with E-state index in [1.54, 1.807) is 0 Å². The fourth-order valence-corrected chi connectivity index (χ4v) is 2.73. The number of carbonyl (C=O) groups is 2. The summed E-state index contributed by atoms with van der Waals surface area (Å²) in [7, 11) is 0. The van der Waals surface area contributed by atoms with Crippen LogP contribution in [-0.4, -0.2) is 42.4 Å². The zero-order valence-corrected chi connectivity index (χ0v) is 13.9. The monoisotopic (exact) mass is 317 g/mol. The summed E-state index contributed by atoms with van der Waals surface area (Å²) in [5, 5.41) is 0. The molecule has 0 aromatic rings. The van der Waals surface area contributed by atoms with Crippen molar-refractivity contribution in [2.75, 3.05) is 25.6 Å². The topological polar surface area (TPSA) is 46.6 Å². The molecule has 5 heteroatoms. The van der Waals surface area contributed by atoms with Gasteiger partial charge in [-0.25, -0.2) is 0 Å². The van der Waals surface area contributed by atoms with Crippen LogP contribution in [0.4, 0.5) is 0 Å². The van der Waals surface area contributed by atoms with Crippen molar-refractivity contribution in [1.29, 1.82) is 0 Å². The van der Waals surface area contributed by atoms with E-state index in [2.05, 4.69) is 6.92 Å². The highest BCUT2D eigenvalue weighted by atomic mass is 35.5. The van der Waals surface area contributed by atoms with Crippen LogP contribution in [0.1, 0.15) is 58.3 Å². The van der Waals surface area contributed by atoms with Gasteiger partial charge in [0.25, 0.3) is 0 Å². The number of unbranched alkanes of at least 4 members (excludes halogenated alkanes) is 3. The fourth-order valence-electron chi connectivity index (χ4n) is 2.54. The fraction of sp³-hybridized carbons (Fsp3) is 0.875. The summed E-state index contributed by atoms with van der Waals surface area (Å²) in [5.41, 5.74) is 0. The number of halogens is 1. The van der Waals surface area contributed by atoms with Gasteiger partial charge in [-0.1, -0.05) is 19.8 Å². The first-order valence-corrected chi connectivity index (χ1v) is 8.72. The Balaban J connectivity index is 2.18. The molecule has 0 aromatic heterocycles. The molecule has 1 saturated heterocycles. The minimum Gasteiger partial charge on any atom is -0.465 e. The van der Waals surface area contributed by atoms with Crippen molar-refractivity contribution in [3.05, 3.63) is 0 Å². The Morgan fingerprint density at radius 2 is 1.86 bits per heavy atom. The molecule has 0 aliphatic carbocycles. The molecule has 1 aliphatic heterocycles. The van der Waals surface area contributed by atoms with Crippen LogP contribution >= 0.6 is 11.6 Å². The number of piperidine rings is 1. The van der Waals surface area contributed by atoms with Gasteiger partial charge in [0.2, 0.25) is 5.91 Å². The molecule has 0 N–H and O–H groups in total. The van der Waals surface area contributed by atoms with Crippen LogP contribution in [0.2, 0.25) is 0 Å². The SMILES string of the molecule is CCCCCOC(=O)C1CCN(C(=O)CCCCCl)CC1. The third-order valence-corrected chi connectivity index (χ3v) is 4.21. The number of hydrogen-bond donors (Lipinski definition) is 0. The van der Waals surface area contributed by atoms with E-state index in [0.29, 0.717) is 32.0 Å². The maximum absolute atomic E-state index is 12.0. The van der Waals surface area contributed by atoms with E-state index >= 15 is 0 Å². The number of esters is 1. The first kappa shape index (κ1) is 18.3. The summed E-state index contributed by atoms with van der Waals surface area (Å²) >= 11 is 5.61. The number of nitrogens with zero attached hydrogens (tertiary/aromatic N) is 1. The Bertz CT molecular complexity index is 315. The van der Waals surface area contributed by atoms with Crippen molar-refractivity contribution in [2.45, 2.75) is 58.3 Å². The van der Waals surface area contributed by atoms with Gasteiger partial charge in [-0.05, 0) is 32.1 Å². The number of rotatable bonds is 9. The summed E-state index contributed by atoms with van der Waals surface area (Å²) in [6.45, 7) is 4.01. The van der Waals surface area contributed by atoms with Crippen molar-refractivity contribution in [3.63, 3.8) is 0 Å². The molecular formula is C16H28ClNO3. The first-order chi connectivity index (χ1) is 10.2. The first-order valence-electron chi connectivity index (χ1n) is 8.19. The molecule has 122 valence electrons. The summed E-state index contributed by atoms with van der Waals surface area (Å²) in [6, 6.07) is 0. The molecule has 1 amide bonds. The molecule has 21 heavy (non-hydrogen) atoms. The zero-order valence-electron chi connectivity index (χ0n) is 13.1. The van der Waals surface area contributed by atoms with Crippen LogP contribution in [0.3, 0.4) is 0 Å². The Morgan fingerprint density at radius 3 is 2.48 bits per heavy atom. The lowest BCUT2D eigenvalue weighted by atomic mass is 9.96. The number of carbonyl (C=O) groups excluding carboxylic acids is 2. The average Bonchev–Trinajstić information content (AvgIpc) is 2.51. The zero-order chi connectivity index (χ0) is 15.5. The second kappa shape index (κ2) is 10.9. The minimum absolute atomic E-state index is 0.0291. The third-order valence-electron chi connectivity index (χ3n) is 3.95. The lowest BCUT2D eigenvalue weighted by molar-refractivity contribution is -0.151. The maximum atomic E-state index is 12.0. The molecule has 0 aromatic carbocycles. The predicted molar refractivity (Wildman–Crippen MR) is 84.4 cm³/mol. The highest BCUT2D eigenvalue weighted by Crippen LogP contribution is 2.20. The van der Waals surface area contributed by atoms with Crippen LogP contribution in [0, 0.1) is 5.92 Å². The Hall–Kier alpha value is -0.770. The standard InChI is InChI=1S/C16H28ClNO3/c1-2-3-6-13-21-16(20)14-8-11-18(12-9-14)15(19)7-4-5-10-17/h14H,2-13H2,1H3. The summed E-state index contributed by atoms with van der Waals surface area (Å²) in [5.74, 6) is 0.688. The summed E-state index contributed by atoms with van der Waals surface area (Å²) in [6.07, 6.45) is 6.93. The summed E-state index contributed by atoms with van der Waals surface area (Å²) in [4.78, 5) is 25.7. The molecule has 0 spiro atoms. The van der Waals surface area contributed by atoms with Gasteiger partial charge in [-0.15, -0.1) is 11.6 Å². The molecule has 1 aliphatic rings. The molecule has 1 heterocycles. The minimum atomic E-state index is -0.0830. The number of hydrogen-bond acceptors (Lipinski definition) is 3. The van der Waals surface area contributed by atoms with Gasteiger partial charge in [-0.2, -0.15) is 0 Å². The van der Waals surface area contributed by atoms with Crippen molar-refractivity contribution < 1.29 is 14.3 Å². The van der Waals surface area contributed by atoms with Crippen molar-refractivity contribution in [1.82, 2.24) is 4.90 Å². The molecule has 0 atom stereocenters. The summed E-state index contributed by atoms with van der Waals surface area (Å²) < 4.78 is 5.30. The Morgan fingerprint density at radius 1 is 1.14 bits per heavy atom. The van der Waals surface area contributed by atoms with Crippen LogP contribution < -0.4 is 0 Å². The molecule has 1 rings (SSSR count). The second-order valence-corrected chi connectivity index (χ2v) is 6.05. The molecule has 0 unspecified atom stereocenters. The van der Waals surface area contributed by atoms with Gasteiger partial charge < -0.3 is 9.64 Å². The van der Waals surface area contributed by atoms with E-state index < -0.39 is 0 Å². The smallest absolute Gasteiger partial charge is 0.309 e. The van der Waals surface area contributed by atoms with Crippen LogP contribution in [0.15, 0.2) is 0 Å². The van der Waals surface area contributed by atoms with E-state index in [9.17, 15) is 9.59 Å². The molecule has 4 nitrogen and oxygen atoms in total. The van der Waals surface area contributed by atoms with Gasteiger partial charge >= 0.3 is 5.97 Å². The van der Waals surface area contributed by atoms with Gasteiger partial charge in [0.05, 0.1) is 12.5 Å². The maximum Gasteiger partial charge on any atom is 0.309 e. The highest BCUT2D eigenvalue weighted by Gasteiger charge is 2.27. The third kappa shape index (κ3) is 7.16. The average molecular weight is 318 g/mol. The molecule has 1 fully saturated rings. The van der Waals surface area contributed by atoms with Crippen molar-refractivity contribution in [3.8, 4) is 0 Å². The van der Waals surface area contributed by atoms with Gasteiger partial charge in [0, 0.05) is 25.4 Å². The molecule has 0 bridgehead atoms. The van der Waals surface area contributed by atoms with E-state index in [0.717, 1.165) is 44.9 Å². The number of ether oxygens (including phenoxy) is 1. The van der Waals surface area contributed by atoms with Crippen LogP contribution in [0.25, 0.3) is 0 Å². The Labute approximate surface area is 133 Å².